The number of esters is 1. The predicted molar refractivity (Wildman–Crippen MR) is 204 cm³/mol. The molecule has 0 aromatic carbocycles. The van der Waals surface area contributed by atoms with Crippen molar-refractivity contribution in [1.29, 1.82) is 0 Å². The van der Waals surface area contributed by atoms with Crippen molar-refractivity contribution in [2.24, 2.45) is 52.3 Å². The molecule has 0 aromatic heterocycles. The Labute approximate surface area is 298 Å². The summed E-state index contributed by atoms with van der Waals surface area (Å²) in [6, 6.07) is 0. The summed E-state index contributed by atoms with van der Waals surface area (Å²) >= 11 is 0. The molecule has 278 valence electrons. The lowest BCUT2D eigenvalue weighted by atomic mass is 9.46. The molecule has 4 aliphatic rings. The normalized spacial score (nSPS) is 34.2. The number of hydrogen-bond donors (Lipinski definition) is 1. The van der Waals surface area contributed by atoms with Gasteiger partial charge in [-0.3, -0.25) is 4.79 Å². The molecule has 0 aromatic rings. The monoisotopic (exact) mass is 669 g/mol. The van der Waals surface area contributed by atoms with Gasteiger partial charge in [0.25, 0.3) is 0 Å². The van der Waals surface area contributed by atoms with E-state index in [1.165, 1.54) is 115 Å². The minimum absolute atomic E-state index is 0.0131. The maximum Gasteiger partial charge on any atom is 0.309 e. The first kappa shape index (κ1) is 39.9. The van der Waals surface area contributed by atoms with Gasteiger partial charge in [0, 0.05) is 11.8 Å². The molecule has 3 heteroatoms. The minimum atomic E-state index is -0.398. The average Bonchev–Trinajstić information content (AvgIpc) is 3.41. The number of hydrogen-bond acceptors (Lipinski definition) is 3. The molecular formula is C45H80O3. The predicted octanol–water partition coefficient (Wildman–Crippen LogP) is 13.0. The van der Waals surface area contributed by atoms with Gasteiger partial charge in [-0.2, -0.15) is 0 Å². The lowest BCUT2D eigenvalue weighted by molar-refractivity contribution is -0.174. The number of aliphatic hydroxyl groups is 1. The second kappa shape index (κ2) is 19.1. The van der Waals surface area contributed by atoms with Crippen molar-refractivity contribution in [3.05, 3.63) is 11.6 Å². The number of ether oxygens (including phenoxy) is 1. The molecule has 0 aliphatic heterocycles. The maximum absolute atomic E-state index is 14.2. The first-order valence-corrected chi connectivity index (χ1v) is 21.6. The fourth-order valence-electron chi connectivity index (χ4n) is 11.8. The number of carbonyl (C=O) groups excluding carboxylic acids is 1. The van der Waals surface area contributed by atoms with Crippen LogP contribution in [0.5, 0.6) is 0 Å². The van der Waals surface area contributed by atoms with Crippen LogP contribution in [0.4, 0.5) is 0 Å². The van der Waals surface area contributed by atoms with Crippen LogP contribution in [0.2, 0.25) is 0 Å². The van der Waals surface area contributed by atoms with E-state index in [9.17, 15) is 9.90 Å². The van der Waals surface area contributed by atoms with E-state index in [1.807, 2.05) is 0 Å². The van der Waals surface area contributed by atoms with Crippen molar-refractivity contribution in [2.75, 3.05) is 0 Å². The molecular weight excluding hydrogens is 588 g/mol. The SMILES string of the molecule is CCCCCCCCCC(CCCCCCC)C(=O)OC1C[C@H](O)CC2=CC[C@H]3[C@@H]4CC[C@H]([C@H](C)CCCC(C)C)[C@@]4(C)CC[C@@H]3[C@]21C. The van der Waals surface area contributed by atoms with E-state index in [2.05, 4.69) is 54.5 Å². The molecule has 0 spiro atoms. The second-order valence-corrected chi connectivity index (χ2v) is 18.5. The quantitative estimate of drug-likeness (QED) is 0.0752. The molecule has 10 atom stereocenters. The summed E-state index contributed by atoms with van der Waals surface area (Å²) in [6.45, 7) is 17.0. The van der Waals surface area contributed by atoms with Gasteiger partial charge in [-0.15, -0.1) is 0 Å². The number of fused-ring (bicyclic) bond motifs is 5. The van der Waals surface area contributed by atoms with Crippen molar-refractivity contribution in [3.8, 4) is 0 Å². The summed E-state index contributed by atoms with van der Waals surface area (Å²) in [4.78, 5) is 14.2. The minimum Gasteiger partial charge on any atom is -0.461 e. The highest BCUT2D eigenvalue weighted by Gasteiger charge is 2.61. The van der Waals surface area contributed by atoms with Crippen LogP contribution in [0.1, 0.15) is 203 Å². The van der Waals surface area contributed by atoms with E-state index in [-0.39, 0.29) is 23.4 Å². The van der Waals surface area contributed by atoms with E-state index in [0.717, 1.165) is 62.2 Å². The molecule has 48 heavy (non-hydrogen) atoms. The van der Waals surface area contributed by atoms with E-state index >= 15 is 0 Å². The summed E-state index contributed by atoms with van der Waals surface area (Å²) in [5.41, 5.74) is 1.72. The average molecular weight is 669 g/mol. The molecule has 1 N–H and O–H groups in total. The summed E-state index contributed by atoms with van der Waals surface area (Å²) < 4.78 is 6.75. The molecule has 0 amide bonds. The molecule has 0 radical (unpaired) electrons. The second-order valence-electron chi connectivity index (χ2n) is 18.5. The Morgan fingerprint density at radius 2 is 1.44 bits per heavy atom. The highest BCUT2D eigenvalue weighted by molar-refractivity contribution is 5.72. The smallest absolute Gasteiger partial charge is 0.309 e. The zero-order chi connectivity index (χ0) is 34.7. The van der Waals surface area contributed by atoms with Gasteiger partial charge < -0.3 is 9.84 Å². The van der Waals surface area contributed by atoms with Gasteiger partial charge >= 0.3 is 5.97 Å². The van der Waals surface area contributed by atoms with Crippen LogP contribution in [0.25, 0.3) is 0 Å². The van der Waals surface area contributed by atoms with Crippen molar-refractivity contribution in [2.45, 2.75) is 215 Å². The Hall–Kier alpha value is -0.830. The Morgan fingerprint density at radius 1 is 0.812 bits per heavy atom. The number of rotatable bonds is 21. The third-order valence-corrected chi connectivity index (χ3v) is 14.8. The van der Waals surface area contributed by atoms with Gasteiger partial charge in [-0.25, -0.2) is 0 Å². The van der Waals surface area contributed by atoms with Crippen LogP contribution >= 0.6 is 0 Å². The van der Waals surface area contributed by atoms with E-state index in [0.29, 0.717) is 23.7 Å². The number of aliphatic hydroxyl groups excluding tert-OH is 1. The van der Waals surface area contributed by atoms with Crippen LogP contribution in [0.3, 0.4) is 0 Å². The Balaban J connectivity index is 1.45. The van der Waals surface area contributed by atoms with Crippen LogP contribution in [0, 0.1) is 52.3 Å². The van der Waals surface area contributed by atoms with E-state index in [4.69, 9.17) is 4.74 Å². The van der Waals surface area contributed by atoms with Gasteiger partial charge in [-0.05, 0) is 92.3 Å². The maximum atomic E-state index is 14.2. The van der Waals surface area contributed by atoms with Crippen LogP contribution < -0.4 is 0 Å². The summed E-state index contributed by atoms with van der Waals surface area (Å²) in [5, 5.41) is 11.1. The lowest BCUT2D eigenvalue weighted by Gasteiger charge is -2.60. The molecule has 0 saturated heterocycles. The Kier molecular flexibility index (Phi) is 15.9. The molecule has 3 fully saturated rings. The van der Waals surface area contributed by atoms with Gasteiger partial charge in [-0.1, -0.05) is 156 Å². The Morgan fingerprint density at radius 3 is 2.06 bits per heavy atom. The highest BCUT2D eigenvalue weighted by Crippen LogP contribution is 2.67. The van der Waals surface area contributed by atoms with Gasteiger partial charge in [0.2, 0.25) is 0 Å². The van der Waals surface area contributed by atoms with E-state index in [1.54, 1.807) is 0 Å². The van der Waals surface area contributed by atoms with Crippen LogP contribution in [0.15, 0.2) is 11.6 Å². The zero-order valence-corrected chi connectivity index (χ0v) is 33.0. The van der Waals surface area contributed by atoms with E-state index < -0.39 is 6.10 Å². The highest BCUT2D eigenvalue weighted by atomic mass is 16.5. The largest absolute Gasteiger partial charge is 0.461 e. The van der Waals surface area contributed by atoms with Crippen molar-refractivity contribution in [1.82, 2.24) is 0 Å². The summed E-state index contributed by atoms with van der Waals surface area (Å²) in [7, 11) is 0. The third-order valence-electron chi connectivity index (χ3n) is 14.8. The first-order chi connectivity index (χ1) is 23.1. The van der Waals surface area contributed by atoms with Crippen LogP contribution in [-0.4, -0.2) is 23.3 Å². The van der Waals surface area contributed by atoms with Crippen molar-refractivity contribution < 1.29 is 14.6 Å². The van der Waals surface area contributed by atoms with Gasteiger partial charge in [0.1, 0.15) is 6.10 Å². The van der Waals surface area contributed by atoms with Crippen molar-refractivity contribution in [3.63, 3.8) is 0 Å². The van der Waals surface area contributed by atoms with Gasteiger partial charge in [0.05, 0.1) is 12.0 Å². The molecule has 0 bridgehead atoms. The third kappa shape index (κ3) is 9.73. The molecule has 2 unspecified atom stereocenters. The summed E-state index contributed by atoms with van der Waals surface area (Å²) in [5.74, 6) is 4.56. The van der Waals surface area contributed by atoms with Crippen LogP contribution in [-0.2, 0) is 9.53 Å². The standard InChI is InChI=1S/C45H80O3/c1-8-10-12-14-15-17-19-24-35(23-18-16-13-11-9-2)43(47)48-42-32-37(46)31-36-25-26-38-40-28-27-39(34(5)22-20-21-33(3)4)44(40,6)30-29-41(38)45(36,42)7/h25,33-35,37-42,46H,8-24,26-32H2,1-7H3/t34-,35?,37-,38+,39-,40+,41+,42?,44-,45+/m1/s1. The topological polar surface area (TPSA) is 46.5 Å². The fraction of sp³-hybridized carbons (Fsp3) is 0.933. The van der Waals surface area contributed by atoms with Crippen molar-refractivity contribution >= 4 is 5.97 Å². The lowest BCUT2D eigenvalue weighted by Crippen LogP contribution is -2.57. The number of unbranched alkanes of at least 4 members (excludes halogenated alkanes) is 10. The van der Waals surface area contributed by atoms with Gasteiger partial charge in [0.15, 0.2) is 0 Å². The molecule has 0 heterocycles. The summed E-state index contributed by atoms with van der Waals surface area (Å²) in [6.07, 6.45) is 31.0. The Bertz CT molecular complexity index is 985. The fourth-order valence-corrected chi connectivity index (χ4v) is 11.8. The zero-order valence-electron chi connectivity index (χ0n) is 33.0. The molecule has 4 aliphatic carbocycles. The first-order valence-electron chi connectivity index (χ1n) is 21.6. The molecule has 4 rings (SSSR count). The number of carbonyl (C=O) groups is 1. The number of allylic oxidation sites excluding steroid dienone is 1. The molecule has 3 saturated carbocycles. The molecule has 3 nitrogen and oxygen atoms in total.